The van der Waals surface area contributed by atoms with Crippen LogP contribution in [0.25, 0.3) is 0 Å². The second-order valence-electron chi connectivity index (χ2n) is 3.37. The van der Waals surface area contributed by atoms with Crippen LogP contribution >= 0.6 is 11.6 Å². The summed E-state index contributed by atoms with van der Waals surface area (Å²) in [6.07, 6.45) is 1.41. The maximum atomic E-state index is 9.84. The SMILES string of the molecule is C/C(=C(/Cl)N=C=O)C(C)(C)C. The molecule has 0 aromatic rings. The molecule has 0 N–H and O–H groups in total. The molecule has 0 aliphatic carbocycles. The van der Waals surface area contributed by atoms with E-state index in [1.165, 1.54) is 6.08 Å². The van der Waals surface area contributed by atoms with E-state index in [1.54, 1.807) is 0 Å². The van der Waals surface area contributed by atoms with Crippen molar-refractivity contribution in [3.05, 3.63) is 10.7 Å². The summed E-state index contributed by atoms with van der Waals surface area (Å²) in [7, 11) is 0. The monoisotopic (exact) mass is 173 g/mol. The van der Waals surface area contributed by atoms with Crippen molar-refractivity contribution >= 4 is 17.7 Å². The third-order valence-electron chi connectivity index (χ3n) is 1.58. The molecule has 11 heavy (non-hydrogen) atoms. The number of isocyanates is 1. The van der Waals surface area contributed by atoms with Gasteiger partial charge < -0.3 is 0 Å². The molecule has 0 heterocycles. The van der Waals surface area contributed by atoms with Gasteiger partial charge in [-0.2, -0.15) is 4.99 Å². The third-order valence-corrected chi connectivity index (χ3v) is 1.95. The molecule has 0 aromatic heterocycles. The summed E-state index contributed by atoms with van der Waals surface area (Å²) in [6.45, 7) is 7.87. The third kappa shape index (κ3) is 3.35. The van der Waals surface area contributed by atoms with Gasteiger partial charge in [0.2, 0.25) is 6.08 Å². The first kappa shape index (κ1) is 10.4. The molecular formula is C8H12ClNO. The minimum Gasteiger partial charge on any atom is -0.211 e. The fourth-order valence-corrected chi connectivity index (χ4v) is 0.751. The van der Waals surface area contributed by atoms with E-state index in [2.05, 4.69) is 4.99 Å². The number of hydrogen-bond acceptors (Lipinski definition) is 2. The lowest BCUT2D eigenvalue weighted by Crippen LogP contribution is -2.07. The molecule has 0 saturated carbocycles. The number of halogens is 1. The molecule has 0 rings (SSSR count). The van der Waals surface area contributed by atoms with Crippen molar-refractivity contribution in [1.29, 1.82) is 0 Å². The standard InChI is InChI=1S/C8H12ClNO/c1-6(8(2,3)4)7(9)10-5-11/h1-4H3/b7-6+. The first-order chi connectivity index (χ1) is 4.89. The second-order valence-corrected chi connectivity index (χ2v) is 3.73. The van der Waals surface area contributed by atoms with Gasteiger partial charge >= 0.3 is 0 Å². The van der Waals surface area contributed by atoms with Crippen LogP contribution < -0.4 is 0 Å². The molecular weight excluding hydrogens is 162 g/mol. The minimum absolute atomic E-state index is 0.0442. The van der Waals surface area contributed by atoms with Crippen molar-refractivity contribution in [2.45, 2.75) is 27.7 Å². The van der Waals surface area contributed by atoms with Crippen molar-refractivity contribution in [3.63, 3.8) is 0 Å². The Morgan fingerprint density at radius 3 is 2.18 bits per heavy atom. The summed E-state index contributed by atoms with van der Waals surface area (Å²) < 4.78 is 0. The zero-order valence-electron chi connectivity index (χ0n) is 7.23. The smallest absolute Gasteiger partial charge is 0.211 e. The first-order valence-corrected chi connectivity index (χ1v) is 3.72. The number of carbonyl (C=O) groups excluding carboxylic acids is 1. The van der Waals surface area contributed by atoms with Crippen LogP contribution in [0.15, 0.2) is 15.7 Å². The molecule has 0 aliphatic heterocycles. The Hall–Kier alpha value is -0.590. The zero-order chi connectivity index (χ0) is 9.07. The molecule has 0 spiro atoms. The summed E-state index contributed by atoms with van der Waals surface area (Å²) in [5.41, 5.74) is 0.847. The second kappa shape index (κ2) is 3.70. The summed E-state index contributed by atoms with van der Waals surface area (Å²) >= 11 is 5.67. The normalized spacial score (nSPS) is 13.5. The van der Waals surface area contributed by atoms with Crippen LogP contribution in [-0.4, -0.2) is 6.08 Å². The maximum absolute atomic E-state index is 9.84. The molecule has 0 atom stereocenters. The highest BCUT2D eigenvalue weighted by atomic mass is 35.5. The van der Waals surface area contributed by atoms with E-state index in [4.69, 9.17) is 11.6 Å². The topological polar surface area (TPSA) is 29.4 Å². The lowest BCUT2D eigenvalue weighted by molar-refractivity contribution is 0.501. The molecule has 2 nitrogen and oxygen atoms in total. The van der Waals surface area contributed by atoms with E-state index in [1.807, 2.05) is 27.7 Å². The van der Waals surface area contributed by atoms with Crippen LogP contribution in [0.3, 0.4) is 0 Å². The first-order valence-electron chi connectivity index (χ1n) is 3.34. The Morgan fingerprint density at radius 1 is 1.45 bits per heavy atom. The fraction of sp³-hybridized carbons (Fsp3) is 0.625. The van der Waals surface area contributed by atoms with Gasteiger partial charge in [0.05, 0.1) is 0 Å². The van der Waals surface area contributed by atoms with Gasteiger partial charge in [0.1, 0.15) is 5.16 Å². The van der Waals surface area contributed by atoms with Crippen molar-refractivity contribution in [2.24, 2.45) is 10.4 Å². The fourth-order valence-electron chi connectivity index (χ4n) is 0.433. The highest BCUT2D eigenvalue weighted by Crippen LogP contribution is 2.29. The molecule has 0 bridgehead atoms. The van der Waals surface area contributed by atoms with E-state index in [9.17, 15) is 4.79 Å². The molecule has 0 unspecified atom stereocenters. The number of hydrogen-bond donors (Lipinski definition) is 0. The minimum atomic E-state index is -0.0442. The van der Waals surface area contributed by atoms with Crippen LogP contribution in [0.1, 0.15) is 27.7 Å². The summed E-state index contributed by atoms with van der Waals surface area (Å²) in [6, 6.07) is 0. The molecule has 0 fully saturated rings. The van der Waals surface area contributed by atoms with Crippen LogP contribution in [0, 0.1) is 5.41 Å². The summed E-state index contributed by atoms with van der Waals surface area (Å²) in [5, 5.41) is 0.243. The maximum Gasteiger partial charge on any atom is 0.241 e. The van der Waals surface area contributed by atoms with Gasteiger partial charge in [0.25, 0.3) is 0 Å². The Labute approximate surface area is 72.0 Å². The van der Waals surface area contributed by atoms with Crippen LogP contribution in [0.2, 0.25) is 0 Å². The van der Waals surface area contributed by atoms with Crippen LogP contribution in [0.5, 0.6) is 0 Å². The lowest BCUT2D eigenvalue weighted by Gasteiger charge is -2.19. The van der Waals surface area contributed by atoms with Crippen molar-refractivity contribution in [1.82, 2.24) is 0 Å². The van der Waals surface area contributed by atoms with Gasteiger partial charge in [0, 0.05) is 0 Å². The largest absolute Gasteiger partial charge is 0.241 e. The van der Waals surface area contributed by atoms with Gasteiger partial charge in [-0.15, -0.1) is 0 Å². The van der Waals surface area contributed by atoms with E-state index in [0.29, 0.717) is 0 Å². The van der Waals surface area contributed by atoms with Gasteiger partial charge in [0.15, 0.2) is 0 Å². The van der Waals surface area contributed by atoms with Crippen molar-refractivity contribution < 1.29 is 4.79 Å². The number of nitrogens with zero attached hydrogens (tertiary/aromatic N) is 1. The quantitative estimate of drug-likeness (QED) is 0.341. The van der Waals surface area contributed by atoms with Crippen LogP contribution in [-0.2, 0) is 4.79 Å². The summed E-state index contributed by atoms with van der Waals surface area (Å²) in [4.78, 5) is 13.2. The average Bonchev–Trinajstić information content (AvgIpc) is 1.85. The van der Waals surface area contributed by atoms with E-state index < -0.39 is 0 Å². The molecule has 0 amide bonds. The highest BCUT2D eigenvalue weighted by molar-refractivity contribution is 6.30. The number of rotatable bonds is 1. The molecule has 0 aliphatic rings. The molecule has 62 valence electrons. The van der Waals surface area contributed by atoms with E-state index in [0.717, 1.165) is 5.57 Å². The average molecular weight is 174 g/mol. The number of allylic oxidation sites excluding steroid dienone is 1. The van der Waals surface area contributed by atoms with Gasteiger partial charge in [-0.1, -0.05) is 32.4 Å². The van der Waals surface area contributed by atoms with Gasteiger partial charge in [-0.05, 0) is 17.9 Å². The predicted molar refractivity (Wildman–Crippen MR) is 46.1 cm³/mol. The van der Waals surface area contributed by atoms with Crippen molar-refractivity contribution in [3.8, 4) is 0 Å². The molecule has 0 radical (unpaired) electrons. The molecule has 0 aromatic carbocycles. The predicted octanol–water partition coefficient (Wildman–Crippen LogP) is 2.84. The van der Waals surface area contributed by atoms with Gasteiger partial charge in [-0.25, -0.2) is 4.79 Å². The van der Waals surface area contributed by atoms with Gasteiger partial charge in [-0.3, -0.25) is 0 Å². The highest BCUT2D eigenvalue weighted by Gasteiger charge is 2.15. The lowest BCUT2D eigenvalue weighted by atomic mass is 9.88. The zero-order valence-corrected chi connectivity index (χ0v) is 7.99. The summed E-state index contributed by atoms with van der Waals surface area (Å²) in [5.74, 6) is 0. The Morgan fingerprint density at radius 2 is 1.91 bits per heavy atom. The Bertz CT molecular complexity index is 219. The Kier molecular flexibility index (Phi) is 3.50. The number of aliphatic imine (C=N–C) groups is 1. The Balaban J connectivity index is 4.81. The molecule has 3 heteroatoms. The van der Waals surface area contributed by atoms with E-state index >= 15 is 0 Å². The van der Waals surface area contributed by atoms with Crippen molar-refractivity contribution in [2.75, 3.05) is 0 Å². The van der Waals surface area contributed by atoms with E-state index in [-0.39, 0.29) is 10.6 Å². The van der Waals surface area contributed by atoms with Crippen LogP contribution in [0.4, 0.5) is 0 Å². The molecule has 0 saturated heterocycles.